The molecule has 142 valence electrons. The summed E-state index contributed by atoms with van der Waals surface area (Å²) in [4.78, 5) is 2.19. The number of rotatable bonds is 8. The van der Waals surface area contributed by atoms with Crippen molar-refractivity contribution in [2.75, 3.05) is 11.9 Å². The van der Waals surface area contributed by atoms with Crippen molar-refractivity contribution in [3.63, 3.8) is 0 Å². The fraction of sp³-hybridized carbons (Fsp3) is 0.111. The van der Waals surface area contributed by atoms with Crippen LogP contribution in [0.25, 0.3) is 11.1 Å². The van der Waals surface area contributed by atoms with Crippen molar-refractivity contribution in [1.29, 1.82) is 0 Å². The highest BCUT2D eigenvalue weighted by atomic mass is 15.1. The molecule has 2 aromatic carbocycles. The van der Waals surface area contributed by atoms with Crippen LogP contribution < -0.4 is 4.90 Å². The van der Waals surface area contributed by atoms with Gasteiger partial charge in [-0.1, -0.05) is 86.0 Å². The maximum Gasteiger partial charge on any atom is 0.0408 e. The molecule has 28 heavy (non-hydrogen) atoms. The first-order chi connectivity index (χ1) is 13.6. The number of allylic oxidation sites excluding steroid dienone is 10. The molecular weight excluding hydrogens is 338 g/mol. The first kappa shape index (κ1) is 21.0. The van der Waals surface area contributed by atoms with Crippen LogP contribution in [-0.4, -0.2) is 7.05 Å². The van der Waals surface area contributed by atoms with Gasteiger partial charge < -0.3 is 4.90 Å². The number of benzene rings is 2. The third kappa shape index (κ3) is 5.34. The molecule has 2 rings (SSSR count). The van der Waals surface area contributed by atoms with E-state index in [1.807, 2.05) is 38.2 Å². The van der Waals surface area contributed by atoms with E-state index in [2.05, 4.69) is 91.9 Å². The molecule has 1 nitrogen and oxygen atoms in total. The van der Waals surface area contributed by atoms with Crippen LogP contribution in [0.2, 0.25) is 0 Å². The summed E-state index contributed by atoms with van der Waals surface area (Å²) < 4.78 is 0. The Kier molecular flexibility index (Phi) is 8.05. The predicted octanol–water partition coefficient (Wildman–Crippen LogP) is 7.75. The maximum absolute atomic E-state index is 3.92. The van der Waals surface area contributed by atoms with E-state index in [1.165, 1.54) is 11.1 Å². The van der Waals surface area contributed by atoms with E-state index >= 15 is 0 Å². The van der Waals surface area contributed by atoms with Crippen LogP contribution in [-0.2, 0) is 0 Å². The SMILES string of the molecule is C=C/C=C\C(=C/C)c1ccc(N(C)c2ccc(/C(C=C)=C/C=C\C)cc2)cc1. The molecule has 0 bridgehead atoms. The Bertz CT molecular complexity index is 904. The molecule has 0 N–H and O–H groups in total. The summed E-state index contributed by atoms with van der Waals surface area (Å²) in [6.45, 7) is 11.7. The lowest BCUT2D eigenvalue weighted by molar-refractivity contribution is 1.21. The third-order valence-corrected chi connectivity index (χ3v) is 4.59. The Balaban J connectivity index is 2.22. The lowest BCUT2D eigenvalue weighted by Gasteiger charge is -2.20. The summed E-state index contributed by atoms with van der Waals surface area (Å²) in [5.74, 6) is 0. The zero-order valence-corrected chi connectivity index (χ0v) is 17.1. The summed E-state index contributed by atoms with van der Waals surface area (Å²) in [6, 6.07) is 17.1. The third-order valence-electron chi connectivity index (χ3n) is 4.59. The average Bonchev–Trinajstić information content (AvgIpc) is 2.75. The number of nitrogens with zero attached hydrogens (tertiary/aromatic N) is 1. The van der Waals surface area contributed by atoms with Crippen molar-refractivity contribution >= 4 is 22.5 Å². The molecule has 0 aliphatic heterocycles. The Labute approximate surface area is 170 Å². The van der Waals surface area contributed by atoms with Crippen molar-refractivity contribution in [1.82, 2.24) is 0 Å². The molecule has 1 heteroatoms. The average molecular weight is 368 g/mol. The molecule has 0 aliphatic rings. The summed E-state index contributed by atoms with van der Waals surface area (Å²) in [6.07, 6.45) is 15.9. The molecule has 2 aromatic rings. The zero-order chi connectivity index (χ0) is 20.4. The smallest absolute Gasteiger partial charge is 0.0408 e. The summed E-state index contributed by atoms with van der Waals surface area (Å²) in [5, 5.41) is 0. The van der Waals surface area contributed by atoms with Crippen molar-refractivity contribution in [3.05, 3.63) is 121 Å². The van der Waals surface area contributed by atoms with Gasteiger partial charge in [0.05, 0.1) is 0 Å². The number of hydrogen-bond donors (Lipinski definition) is 0. The van der Waals surface area contributed by atoms with Crippen molar-refractivity contribution < 1.29 is 0 Å². The van der Waals surface area contributed by atoms with Gasteiger partial charge in [0.1, 0.15) is 0 Å². The molecule has 0 aromatic heterocycles. The van der Waals surface area contributed by atoms with Crippen LogP contribution in [0.3, 0.4) is 0 Å². The molecule has 0 amide bonds. The highest BCUT2D eigenvalue weighted by molar-refractivity contribution is 5.77. The first-order valence-electron chi connectivity index (χ1n) is 9.50. The minimum Gasteiger partial charge on any atom is -0.345 e. The Morgan fingerprint density at radius 2 is 1.32 bits per heavy atom. The highest BCUT2D eigenvalue weighted by Crippen LogP contribution is 2.27. The van der Waals surface area contributed by atoms with Gasteiger partial charge in [0, 0.05) is 18.4 Å². The van der Waals surface area contributed by atoms with Gasteiger partial charge in [-0.15, -0.1) is 0 Å². The van der Waals surface area contributed by atoms with Crippen LogP contribution in [0, 0.1) is 0 Å². The molecular formula is C27H29N. The zero-order valence-electron chi connectivity index (χ0n) is 17.1. The van der Waals surface area contributed by atoms with Crippen LogP contribution >= 0.6 is 0 Å². The van der Waals surface area contributed by atoms with E-state index < -0.39 is 0 Å². The molecule has 0 fully saturated rings. The van der Waals surface area contributed by atoms with Crippen molar-refractivity contribution in [2.24, 2.45) is 0 Å². The fourth-order valence-electron chi connectivity index (χ4n) is 2.92. The second-order valence-corrected chi connectivity index (χ2v) is 6.34. The van der Waals surface area contributed by atoms with Gasteiger partial charge in [-0.3, -0.25) is 0 Å². The summed E-state index contributed by atoms with van der Waals surface area (Å²) in [5.41, 5.74) is 6.94. The van der Waals surface area contributed by atoms with Crippen LogP contribution in [0.1, 0.15) is 25.0 Å². The molecule has 0 aliphatic carbocycles. The van der Waals surface area contributed by atoms with E-state index in [-0.39, 0.29) is 0 Å². The van der Waals surface area contributed by atoms with Crippen LogP contribution in [0.5, 0.6) is 0 Å². The minimum atomic E-state index is 1.11. The van der Waals surface area contributed by atoms with Gasteiger partial charge in [-0.25, -0.2) is 0 Å². The fourth-order valence-corrected chi connectivity index (χ4v) is 2.92. The standard InChI is InChI=1S/C27H29N/c1-6-10-12-22(8-3)24-14-18-26(19-15-24)28(5)27-20-16-25(17-21-27)23(9-4)13-11-7-2/h6-21H,1,4H2,2-3,5H3/b11-7-,12-10-,22-8+,23-13+. The van der Waals surface area contributed by atoms with Gasteiger partial charge in [0.25, 0.3) is 0 Å². The lowest BCUT2D eigenvalue weighted by atomic mass is 10.0. The second kappa shape index (κ2) is 10.7. The quantitative estimate of drug-likeness (QED) is 0.431. The largest absolute Gasteiger partial charge is 0.345 e. The van der Waals surface area contributed by atoms with E-state index in [1.54, 1.807) is 6.08 Å². The van der Waals surface area contributed by atoms with Crippen molar-refractivity contribution in [2.45, 2.75) is 13.8 Å². The molecule has 0 spiro atoms. The van der Waals surface area contributed by atoms with Gasteiger partial charge in [-0.2, -0.15) is 0 Å². The van der Waals surface area contributed by atoms with Gasteiger partial charge in [-0.05, 0) is 60.4 Å². The Hall–Kier alpha value is -3.32. The minimum absolute atomic E-state index is 1.11. The first-order valence-corrected chi connectivity index (χ1v) is 9.50. The molecule has 0 saturated carbocycles. The molecule has 0 radical (unpaired) electrons. The predicted molar refractivity (Wildman–Crippen MR) is 127 cm³/mol. The maximum atomic E-state index is 3.92. The Morgan fingerprint density at radius 3 is 1.75 bits per heavy atom. The lowest BCUT2D eigenvalue weighted by Crippen LogP contribution is -2.09. The summed E-state index contributed by atoms with van der Waals surface area (Å²) in [7, 11) is 2.09. The van der Waals surface area contributed by atoms with Crippen LogP contribution in [0.15, 0.2) is 110 Å². The highest BCUT2D eigenvalue weighted by Gasteiger charge is 2.06. The van der Waals surface area contributed by atoms with Gasteiger partial charge >= 0.3 is 0 Å². The molecule has 0 saturated heterocycles. The second-order valence-electron chi connectivity index (χ2n) is 6.34. The normalized spacial score (nSPS) is 12.5. The molecule has 0 atom stereocenters. The van der Waals surface area contributed by atoms with E-state index in [0.29, 0.717) is 0 Å². The van der Waals surface area contributed by atoms with E-state index in [9.17, 15) is 0 Å². The van der Waals surface area contributed by atoms with E-state index in [4.69, 9.17) is 0 Å². The summed E-state index contributed by atoms with van der Waals surface area (Å²) >= 11 is 0. The molecule has 0 heterocycles. The Morgan fingerprint density at radius 1 is 0.786 bits per heavy atom. The van der Waals surface area contributed by atoms with Crippen LogP contribution in [0.4, 0.5) is 11.4 Å². The molecule has 0 unspecified atom stereocenters. The topological polar surface area (TPSA) is 3.24 Å². The van der Waals surface area contributed by atoms with E-state index in [0.717, 1.165) is 22.5 Å². The van der Waals surface area contributed by atoms with Gasteiger partial charge in [0.15, 0.2) is 0 Å². The number of hydrogen-bond acceptors (Lipinski definition) is 1. The monoisotopic (exact) mass is 367 g/mol. The van der Waals surface area contributed by atoms with Gasteiger partial charge in [0.2, 0.25) is 0 Å². The van der Waals surface area contributed by atoms with Crippen molar-refractivity contribution in [3.8, 4) is 0 Å². The number of anilines is 2.